The molecule has 5 nitrogen and oxygen atoms in total. The van der Waals surface area contributed by atoms with Crippen LogP contribution in [0.1, 0.15) is 11.1 Å². The quantitative estimate of drug-likeness (QED) is 0.297. The fourth-order valence-corrected chi connectivity index (χ4v) is 3.31. The highest BCUT2D eigenvalue weighted by Gasteiger charge is 2.32. The van der Waals surface area contributed by atoms with Crippen molar-refractivity contribution in [1.29, 1.82) is 0 Å². The third kappa shape index (κ3) is 4.78. The van der Waals surface area contributed by atoms with Crippen molar-refractivity contribution in [3.8, 4) is 5.75 Å². The molecular formula is C21H16BrFN2O3S. The summed E-state index contributed by atoms with van der Waals surface area (Å²) in [5.41, 5.74) is 0.790. The normalized spacial score (nSPS) is 15.4. The summed E-state index contributed by atoms with van der Waals surface area (Å²) in [6, 6.07) is 11.4. The number of ether oxygens (including phenoxy) is 1. The van der Waals surface area contributed by atoms with E-state index in [1.807, 2.05) is 0 Å². The van der Waals surface area contributed by atoms with Crippen LogP contribution in [0.5, 0.6) is 5.75 Å². The van der Waals surface area contributed by atoms with Gasteiger partial charge in [0.05, 0.1) is 0 Å². The Morgan fingerprint density at radius 2 is 2.00 bits per heavy atom. The van der Waals surface area contributed by atoms with E-state index in [0.717, 1.165) is 4.47 Å². The molecular weight excluding hydrogens is 459 g/mol. The number of benzene rings is 2. The molecule has 0 saturated carbocycles. The largest absolute Gasteiger partial charge is 0.488 e. The molecule has 1 aliphatic rings. The van der Waals surface area contributed by atoms with Crippen LogP contribution in [0.3, 0.4) is 0 Å². The highest BCUT2D eigenvalue weighted by Crippen LogP contribution is 2.28. The number of halogens is 2. The summed E-state index contributed by atoms with van der Waals surface area (Å²) in [6.07, 6.45) is 2.94. The fourth-order valence-electron chi connectivity index (χ4n) is 2.68. The smallest absolute Gasteiger partial charge is 0.265 e. The van der Waals surface area contributed by atoms with Gasteiger partial charge in [-0.25, -0.2) is 4.39 Å². The number of hydrogen-bond donors (Lipinski definition) is 1. The van der Waals surface area contributed by atoms with Crippen molar-refractivity contribution in [1.82, 2.24) is 10.2 Å². The lowest BCUT2D eigenvalue weighted by Crippen LogP contribution is -2.53. The first kappa shape index (κ1) is 20.9. The van der Waals surface area contributed by atoms with Gasteiger partial charge in [0.2, 0.25) is 0 Å². The topological polar surface area (TPSA) is 58.6 Å². The maximum absolute atomic E-state index is 13.9. The molecule has 0 bridgehead atoms. The van der Waals surface area contributed by atoms with Gasteiger partial charge in [0.1, 0.15) is 23.7 Å². The molecule has 0 aromatic heterocycles. The minimum atomic E-state index is -0.597. The molecule has 0 spiro atoms. The van der Waals surface area contributed by atoms with Gasteiger partial charge in [-0.1, -0.05) is 40.2 Å². The maximum Gasteiger partial charge on any atom is 0.265 e. The molecule has 0 atom stereocenters. The van der Waals surface area contributed by atoms with Gasteiger partial charge in [-0.2, -0.15) is 0 Å². The number of rotatable bonds is 6. The summed E-state index contributed by atoms with van der Waals surface area (Å²) in [6.45, 7) is 3.76. The van der Waals surface area contributed by atoms with Crippen LogP contribution in [0.15, 0.2) is 65.2 Å². The van der Waals surface area contributed by atoms with Gasteiger partial charge < -0.3 is 4.74 Å². The summed E-state index contributed by atoms with van der Waals surface area (Å²) in [7, 11) is 0. The van der Waals surface area contributed by atoms with Gasteiger partial charge in [0.25, 0.3) is 11.8 Å². The van der Waals surface area contributed by atoms with E-state index >= 15 is 0 Å². The average molecular weight is 475 g/mol. The molecule has 8 heteroatoms. The number of nitrogens with zero attached hydrogens (tertiary/aromatic N) is 1. The Bertz CT molecular complexity index is 1040. The van der Waals surface area contributed by atoms with E-state index in [2.05, 4.69) is 27.8 Å². The molecule has 29 heavy (non-hydrogen) atoms. The number of nitrogens with one attached hydrogen (secondary N) is 1. The lowest BCUT2D eigenvalue weighted by atomic mass is 10.1. The molecule has 2 aromatic carbocycles. The third-order valence-electron chi connectivity index (χ3n) is 4.11. The van der Waals surface area contributed by atoms with Crippen molar-refractivity contribution in [2.24, 2.45) is 0 Å². The molecule has 0 unspecified atom stereocenters. The number of amides is 2. The van der Waals surface area contributed by atoms with E-state index in [-0.39, 0.29) is 29.7 Å². The van der Waals surface area contributed by atoms with Crippen molar-refractivity contribution < 1.29 is 18.7 Å². The first-order valence-electron chi connectivity index (χ1n) is 8.56. The number of hydrogen-bond acceptors (Lipinski definition) is 4. The standard InChI is InChI=1S/C21H16BrFN2O3S/c1-2-9-25-20(27)16(19(26)24-21(25)29)11-14-10-15(22)7-8-18(14)28-12-13-5-3-4-6-17(13)23/h2-8,10-11H,1,9,12H2,(H,24,26,29)/b16-11+. The van der Waals surface area contributed by atoms with Crippen LogP contribution in [0.2, 0.25) is 0 Å². The van der Waals surface area contributed by atoms with E-state index in [1.54, 1.807) is 36.4 Å². The number of carbonyl (C=O) groups excluding carboxylic acids is 2. The first-order chi connectivity index (χ1) is 13.9. The summed E-state index contributed by atoms with van der Waals surface area (Å²) >= 11 is 8.42. The zero-order valence-corrected chi connectivity index (χ0v) is 17.6. The predicted molar refractivity (Wildman–Crippen MR) is 116 cm³/mol. The summed E-state index contributed by atoms with van der Waals surface area (Å²) in [5.74, 6) is -1.10. The third-order valence-corrected chi connectivity index (χ3v) is 4.93. The lowest BCUT2D eigenvalue weighted by Gasteiger charge is -2.27. The minimum absolute atomic E-state index is 0.00268. The zero-order valence-electron chi connectivity index (χ0n) is 15.2. The van der Waals surface area contributed by atoms with Crippen LogP contribution in [-0.4, -0.2) is 28.4 Å². The first-order valence-corrected chi connectivity index (χ1v) is 9.76. The molecule has 1 N–H and O–H groups in total. The Morgan fingerprint density at radius 3 is 2.72 bits per heavy atom. The predicted octanol–water partition coefficient (Wildman–Crippen LogP) is 3.98. The Labute approximate surface area is 181 Å². The molecule has 1 heterocycles. The fraction of sp³-hybridized carbons (Fsp3) is 0.0952. The van der Waals surface area contributed by atoms with E-state index in [4.69, 9.17) is 17.0 Å². The van der Waals surface area contributed by atoms with E-state index < -0.39 is 11.8 Å². The van der Waals surface area contributed by atoms with Gasteiger partial charge in [-0.3, -0.25) is 19.8 Å². The average Bonchev–Trinajstić information content (AvgIpc) is 2.69. The Kier molecular flexibility index (Phi) is 6.56. The minimum Gasteiger partial charge on any atom is -0.488 e. The SMILES string of the molecule is C=CCN1C(=O)/C(=C/c2cc(Br)ccc2OCc2ccccc2F)C(=O)NC1=S. The van der Waals surface area contributed by atoms with Gasteiger partial charge in [-0.05, 0) is 42.6 Å². The van der Waals surface area contributed by atoms with Crippen LogP contribution in [0, 0.1) is 5.82 Å². The molecule has 3 rings (SSSR count). The van der Waals surface area contributed by atoms with Gasteiger partial charge in [0.15, 0.2) is 5.11 Å². The van der Waals surface area contributed by atoms with Crippen molar-refractivity contribution in [3.63, 3.8) is 0 Å². The summed E-state index contributed by atoms with van der Waals surface area (Å²) < 4.78 is 20.4. The molecule has 2 amide bonds. The molecule has 1 fully saturated rings. The van der Waals surface area contributed by atoms with Crippen molar-refractivity contribution in [2.75, 3.05) is 6.54 Å². The second-order valence-electron chi connectivity index (χ2n) is 6.08. The van der Waals surface area contributed by atoms with E-state index in [1.165, 1.54) is 23.1 Å². The summed E-state index contributed by atoms with van der Waals surface area (Å²) in [5, 5.41) is 2.52. The second kappa shape index (κ2) is 9.11. The van der Waals surface area contributed by atoms with Crippen LogP contribution >= 0.6 is 28.1 Å². The zero-order chi connectivity index (χ0) is 21.0. The Morgan fingerprint density at radius 1 is 1.24 bits per heavy atom. The highest BCUT2D eigenvalue weighted by molar-refractivity contribution is 9.10. The monoisotopic (exact) mass is 474 g/mol. The van der Waals surface area contributed by atoms with Crippen LogP contribution < -0.4 is 10.1 Å². The van der Waals surface area contributed by atoms with Gasteiger partial charge >= 0.3 is 0 Å². The van der Waals surface area contributed by atoms with Crippen LogP contribution in [0.4, 0.5) is 4.39 Å². The van der Waals surface area contributed by atoms with Gasteiger partial charge in [-0.15, -0.1) is 6.58 Å². The second-order valence-corrected chi connectivity index (χ2v) is 7.39. The van der Waals surface area contributed by atoms with Crippen LogP contribution in [0.25, 0.3) is 6.08 Å². The maximum atomic E-state index is 13.9. The molecule has 148 valence electrons. The molecule has 1 aliphatic heterocycles. The van der Waals surface area contributed by atoms with E-state index in [0.29, 0.717) is 16.9 Å². The molecule has 0 aliphatic carbocycles. The van der Waals surface area contributed by atoms with Crippen molar-refractivity contribution in [2.45, 2.75) is 6.61 Å². The van der Waals surface area contributed by atoms with Crippen LogP contribution in [-0.2, 0) is 16.2 Å². The summed E-state index contributed by atoms with van der Waals surface area (Å²) in [4.78, 5) is 26.3. The Balaban J connectivity index is 1.93. The molecule has 1 saturated heterocycles. The lowest BCUT2D eigenvalue weighted by molar-refractivity contribution is -0.128. The van der Waals surface area contributed by atoms with Gasteiger partial charge in [0, 0.05) is 22.1 Å². The van der Waals surface area contributed by atoms with Crippen molar-refractivity contribution >= 4 is 51.2 Å². The number of thiocarbonyl (C=S) groups is 1. The van der Waals surface area contributed by atoms with Crippen molar-refractivity contribution in [3.05, 3.63) is 82.1 Å². The molecule has 2 aromatic rings. The Hall–Kier alpha value is -2.84. The molecule has 0 radical (unpaired) electrons. The van der Waals surface area contributed by atoms with E-state index in [9.17, 15) is 14.0 Å². The number of carbonyl (C=O) groups is 2. The highest BCUT2D eigenvalue weighted by atomic mass is 79.9.